The van der Waals surface area contributed by atoms with Gasteiger partial charge in [0.15, 0.2) is 0 Å². The van der Waals surface area contributed by atoms with Gasteiger partial charge in [0.1, 0.15) is 8.07 Å². The minimum Gasteiger partial charge on any atom is -0.469 e. The molecule has 0 aromatic heterocycles. The largest absolute Gasteiger partial charge is 0.469 e. The molecule has 3 heteroatoms. The lowest BCUT2D eigenvalue weighted by atomic mass is 10.0. The van der Waals surface area contributed by atoms with Crippen molar-refractivity contribution >= 4 is 24.4 Å². The van der Waals surface area contributed by atoms with Crippen LogP contribution in [0.3, 0.4) is 0 Å². The molecule has 0 aliphatic carbocycles. The molecular weight excluding hydrogens is 384 g/mol. The molecule has 0 fully saturated rings. The Bertz CT molecular complexity index is 907. The molecular formula is C27H32O2Si. The molecule has 0 unspecified atom stereocenters. The van der Waals surface area contributed by atoms with E-state index >= 15 is 0 Å². The molecule has 156 valence electrons. The summed E-state index contributed by atoms with van der Waals surface area (Å²) in [5.74, 6) is -0.430. The van der Waals surface area contributed by atoms with Gasteiger partial charge in [0.05, 0.1) is 13.0 Å². The molecule has 0 bridgehead atoms. The third-order valence-corrected chi connectivity index (χ3v) is 13.0. The van der Waals surface area contributed by atoms with Crippen molar-refractivity contribution < 1.29 is 9.53 Å². The van der Waals surface area contributed by atoms with E-state index in [-0.39, 0.29) is 22.5 Å². The van der Waals surface area contributed by atoms with E-state index in [1.807, 2.05) is 13.0 Å². The maximum absolute atomic E-state index is 13.0. The van der Waals surface area contributed by atoms with E-state index in [1.165, 1.54) is 23.0 Å². The van der Waals surface area contributed by atoms with Crippen LogP contribution in [0.2, 0.25) is 5.04 Å². The normalized spacial score (nSPS) is 14.0. The number of ether oxygens (including phenoxy) is 1. The number of hydrogen-bond acceptors (Lipinski definition) is 2. The van der Waals surface area contributed by atoms with Gasteiger partial charge in [-0.15, -0.1) is 0 Å². The molecule has 0 radical (unpaired) electrons. The van der Waals surface area contributed by atoms with Crippen LogP contribution in [0.5, 0.6) is 0 Å². The van der Waals surface area contributed by atoms with Gasteiger partial charge in [-0.25, -0.2) is 0 Å². The first-order valence-electron chi connectivity index (χ1n) is 10.6. The van der Waals surface area contributed by atoms with Crippen LogP contribution in [0.4, 0.5) is 0 Å². The third-order valence-electron chi connectivity index (χ3n) is 6.34. The minimum atomic E-state index is -2.56. The first-order chi connectivity index (χ1) is 14.3. The summed E-state index contributed by atoms with van der Waals surface area (Å²) in [4.78, 5) is 13.0. The third kappa shape index (κ3) is 3.87. The number of benzene rings is 3. The summed E-state index contributed by atoms with van der Waals surface area (Å²) in [7, 11) is -1.07. The van der Waals surface area contributed by atoms with Crippen LogP contribution < -0.4 is 10.4 Å². The Morgan fingerprint density at radius 2 is 1.17 bits per heavy atom. The van der Waals surface area contributed by atoms with E-state index in [1.54, 1.807) is 0 Å². The van der Waals surface area contributed by atoms with Crippen molar-refractivity contribution in [2.75, 3.05) is 7.11 Å². The Labute approximate surface area is 181 Å². The Balaban J connectivity index is 2.45. The average Bonchev–Trinajstić information content (AvgIpc) is 2.77. The van der Waals surface area contributed by atoms with Crippen molar-refractivity contribution in [1.29, 1.82) is 0 Å². The standard InChI is InChI=1S/C27H32O2Si/c1-21(26(28)29-5)25(22-15-9-6-10-16-22)30(27(2,3)4,23-17-11-7-12-18-23)24-19-13-8-14-20-24/h6-21,25H,1-5H3/t21-,25-/m1/s1. The van der Waals surface area contributed by atoms with Crippen LogP contribution in [-0.4, -0.2) is 21.2 Å². The summed E-state index contributed by atoms with van der Waals surface area (Å²) in [6.45, 7) is 9.03. The Kier molecular flexibility index (Phi) is 6.62. The van der Waals surface area contributed by atoms with E-state index in [2.05, 4.69) is 106 Å². The van der Waals surface area contributed by atoms with E-state index in [0.717, 1.165) is 0 Å². The predicted octanol–water partition coefficient (Wildman–Crippen LogP) is 5.18. The summed E-state index contributed by atoms with van der Waals surface area (Å²) in [5.41, 5.74) is 1.22. The predicted molar refractivity (Wildman–Crippen MR) is 128 cm³/mol. The van der Waals surface area contributed by atoms with Crippen molar-refractivity contribution in [1.82, 2.24) is 0 Å². The van der Waals surface area contributed by atoms with Crippen molar-refractivity contribution in [2.45, 2.75) is 38.3 Å². The number of carbonyl (C=O) groups excluding carboxylic acids is 1. The molecule has 0 spiro atoms. The number of rotatable bonds is 6. The number of esters is 1. The van der Waals surface area contributed by atoms with Gasteiger partial charge in [-0.3, -0.25) is 4.79 Å². The molecule has 3 rings (SSSR count). The van der Waals surface area contributed by atoms with Crippen LogP contribution in [0, 0.1) is 5.92 Å². The van der Waals surface area contributed by atoms with Crippen molar-refractivity contribution in [3.8, 4) is 0 Å². The second-order valence-electron chi connectivity index (χ2n) is 8.99. The molecule has 0 heterocycles. The molecule has 30 heavy (non-hydrogen) atoms. The van der Waals surface area contributed by atoms with Crippen molar-refractivity contribution in [3.05, 3.63) is 96.6 Å². The lowest BCUT2D eigenvalue weighted by Gasteiger charge is -2.51. The highest BCUT2D eigenvalue weighted by atomic mass is 28.3. The molecule has 3 aromatic rings. The van der Waals surface area contributed by atoms with Gasteiger partial charge in [0, 0.05) is 5.54 Å². The van der Waals surface area contributed by atoms with Gasteiger partial charge in [0.2, 0.25) is 0 Å². The molecule has 0 saturated heterocycles. The summed E-state index contributed by atoms with van der Waals surface area (Å²) in [6.07, 6.45) is 0. The van der Waals surface area contributed by atoms with Crippen LogP contribution in [0.1, 0.15) is 38.8 Å². The second kappa shape index (κ2) is 9.01. The lowest BCUT2D eigenvalue weighted by Crippen LogP contribution is -2.69. The fraction of sp³-hybridized carbons (Fsp3) is 0.296. The highest BCUT2D eigenvalue weighted by Gasteiger charge is 2.56. The van der Waals surface area contributed by atoms with Gasteiger partial charge in [0.25, 0.3) is 0 Å². The number of hydrogen-bond donors (Lipinski definition) is 0. The summed E-state index contributed by atoms with van der Waals surface area (Å²) in [5, 5.41) is 2.63. The molecule has 0 amide bonds. The monoisotopic (exact) mass is 416 g/mol. The van der Waals surface area contributed by atoms with E-state index in [4.69, 9.17) is 4.74 Å². The SMILES string of the molecule is COC(=O)[C@H](C)[C@H](c1ccccc1)[Si](c1ccccc1)(c1ccccc1)C(C)(C)C. The van der Waals surface area contributed by atoms with E-state index in [9.17, 15) is 4.79 Å². The summed E-state index contributed by atoms with van der Waals surface area (Å²) >= 11 is 0. The zero-order chi connectivity index (χ0) is 21.8. The van der Waals surface area contributed by atoms with Gasteiger partial charge in [-0.2, -0.15) is 0 Å². The van der Waals surface area contributed by atoms with Crippen molar-refractivity contribution in [3.63, 3.8) is 0 Å². The summed E-state index contributed by atoms with van der Waals surface area (Å²) in [6, 6.07) is 32.2. The zero-order valence-electron chi connectivity index (χ0n) is 18.6. The lowest BCUT2D eigenvalue weighted by molar-refractivity contribution is -0.145. The molecule has 2 atom stereocenters. The highest BCUT2D eigenvalue weighted by molar-refractivity contribution is 7.05. The first kappa shape index (κ1) is 22.0. The maximum Gasteiger partial charge on any atom is 0.308 e. The van der Waals surface area contributed by atoms with Crippen LogP contribution in [-0.2, 0) is 9.53 Å². The molecule has 0 saturated carbocycles. The topological polar surface area (TPSA) is 26.3 Å². The summed E-state index contributed by atoms with van der Waals surface area (Å²) < 4.78 is 5.28. The van der Waals surface area contributed by atoms with E-state index in [0.29, 0.717) is 0 Å². The van der Waals surface area contributed by atoms with Crippen LogP contribution >= 0.6 is 0 Å². The quantitative estimate of drug-likeness (QED) is 0.409. The van der Waals surface area contributed by atoms with Gasteiger partial charge in [-0.1, -0.05) is 129 Å². The van der Waals surface area contributed by atoms with E-state index < -0.39 is 8.07 Å². The molecule has 2 nitrogen and oxygen atoms in total. The Morgan fingerprint density at radius 1 is 0.767 bits per heavy atom. The van der Waals surface area contributed by atoms with Gasteiger partial charge < -0.3 is 4.74 Å². The Morgan fingerprint density at radius 3 is 1.53 bits per heavy atom. The smallest absolute Gasteiger partial charge is 0.308 e. The van der Waals surface area contributed by atoms with Gasteiger partial charge in [-0.05, 0) is 10.6 Å². The molecule has 0 N–H and O–H groups in total. The first-order valence-corrected chi connectivity index (χ1v) is 12.7. The number of methoxy groups -OCH3 is 1. The van der Waals surface area contributed by atoms with Gasteiger partial charge >= 0.3 is 5.97 Å². The van der Waals surface area contributed by atoms with Crippen LogP contribution in [0.25, 0.3) is 0 Å². The molecule has 0 aliphatic rings. The highest BCUT2D eigenvalue weighted by Crippen LogP contribution is 2.47. The fourth-order valence-electron chi connectivity index (χ4n) is 5.16. The molecule has 0 aliphatic heterocycles. The maximum atomic E-state index is 13.0. The Hall–Kier alpha value is -2.65. The van der Waals surface area contributed by atoms with Crippen molar-refractivity contribution in [2.24, 2.45) is 5.92 Å². The fourth-order valence-corrected chi connectivity index (χ4v) is 11.9. The number of carbonyl (C=O) groups is 1. The average molecular weight is 417 g/mol. The molecule has 3 aromatic carbocycles. The second-order valence-corrected chi connectivity index (χ2v) is 13.9. The zero-order valence-corrected chi connectivity index (χ0v) is 19.6. The minimum absolute atomic E-state index is 0.0240. The van der Waals surface area contributed by atoms with Crippen LogP contribution in [0.15, 0.2) is 91.0 Å².